The van der Waals surface area contributed by atoms with Gasteiger partial charge in [-0.1, -0.05) is 6.07 Å². The lowest BCUT2D eigenvalue weighted by Gasteiger charge is -2.33. The van der Waals surface area contributed by atoms with Crippen molar-refractivity contribution >= 4 is 5.97 Å². The predicted octanol–water partition coefficient (Wildman–Crippen LogP) is 2.45. The van der Waals surface area contributed by atoms with Gasteiger partial charge in [0.2, 0.25) is 0 Å². The fraction of sp³-hybridized carbons (Fsp3) is 0.462. The number of piperidine rings is 1. The molecular weight excluding hydrogens is 259 g/mol. The van der Waals surface area contributed by atoms with Crippen molar-refractivity contribution in [2.45, 2.75) is 24.6 Å². The first-order valence-electron chi connectivity index (χ1n) is 6.08. The molecule has 1 aromatic carbocycles. The van der Waals surface area contributed by atoms with E-state index < -0.39 is 23.3 Å². The van der Waals surface area contributed by atoms with E-state index in [1.165, 1.54) is 6.07 Å². The lowest BCUT2D eigenvalue weighted by Crippen LogP contribution is -2.39. The van der Waals surface area contributed by atoms with Gasteiger partial charge in [-0.3, -0.25) is 0 Å². The van der Waals surface area contributed by atoms with Gasteiger partial charge >= 0.3 is 12.1 Å². The predicted molar refractivity (Wildman–Crippen MR) is 60.6 cm³/mol. The highest BCUT2D eigenvalue weighted by atomic mass is 19.4. The summed E-state index contributed by atoms with van der Waals surface area (Å²) in [5.41, 5.74) is -0.903. The van der Waals surface area contributed by atoms with Crippen LogP contribution in [0.4, 0.5) is 13.2 Å². The minimum absolute atomic E-state index is 0.0525. The molecule has 2 aliphatic heterocycles. The Morgan fingerprint density at radius 1 is 1.21 bits per heavy atom. The average molecular weight is 271 g/mol. The largest absolute Gasteiger partial charge is 0.450 e. The Morgan fingerprint density at radius 2 is 1.89 bits per heavy atom. The van der Waals surface area contributed by atoms with Crippen LogP contribution in [0.25, 0.3) is 0 Å². The van der Waals surface area contributed by atoms with Gasteiger partial charge < -0.3 is 10.1 Å². The van der Waals surface area contributed by atoms with Gasteiger partial charge in [0.1, 0.15) is 5.60 Å². The summed E-state index contributed by atoms with van der Waals surface area (Å²) in [5, 5.41) is 3.15. The normalized spacial score (nSPS) is 21.3. The Bertz CT molecular complexity index is 533. The first kappa shape index (κ1) is 12.5. The molecule has 1 aromatic rings. The number of ether oxygens (including phenoxy) is 1. The summed E-state index contributed by atoms with van der Waals surface area (Å²) >= 11 is 0. The summed E-state index contributed by atoms with van der Waals surface area (Å²) < 4.78 is 43.3. The molecule has 1 spiro atoms. The third kappa shape index (κ3) is 1.90. The average Bonchev–Trinajstić information content (AvgIpc) is 2.62. The number of alkyl halides is 3. The second-order valence-corrected chi connectivity index (χ2v) is 4.89. The van der Waals surface area contributed by atoms with Crippen LogP contribution >= 0.6 is 0 Å². The molecule has 1 saturated heterocycles. The minimum Gasteiger partial charge on any atom is -0.450 e. The van der Waals surface area contributed by atoms with E-state index in [9.17, 15) is 18.0 Å². The smallest absolute Gasteiger partial charge is 0.416 e. The van der Waals surface area contributed by atoms with Crippen LogP contribution in [0.3, 0.4) is 0 Å². The van der Waals surface area contributed by atoms with Crippen molar-refractivity contribution in [3.8, 4) is 0 Å². The molecule has 102 valence electrons. The number of rotatable bonds is 0. The molecule has 2 heterocycles. The van der Waals surface area contributed by atoms with E-state index in [0.717, 1.165) is 12.1 Å². The maximum atomic E-state index is 12.7. The molecule has 1 fully saturated rings. The SMILES string of the molecule is O=C1OC2(CCNCC2)c2ccc(C(F)(F)F)cc21. The molecule has 0 unspecified atom stereocenters. The van der Waals surface area contributed by atoms with Gasteiger partial charge in [-0.25, -0.2) is 4.79 Å². The maximum absolute atomic E-state index is 12.7. The van der Waals surface area contributed by atoms with Gasteiger partial charge in [-0.05, 0) is 25.2 Å². The number of hydrogen-bond acceptors (Lipinski definition) is 3. The molecular formula is C13H12F3NO2. The molecule has 3 rings (SSSR count). The second kappa shape index (κ2) is 3.96. The molecule has 0 aromatic heterocycles. The van der Waals surface area contributed by atoms with Crippen molar-refractivity contribution in [2.24, 2.45) is 0 Å². The quantitative estimate of drug-likeness (QED) is 0.737. The van der Waals surface area contributed by atoms with Gasteiger partial charge in [-0.15, -0.1) is 0 Å². The van der Waals surface area contributed by atoms with Crippen molar-refractivity contribution < 1.29 is 22.7 Å². The second-order valence-electron chi connectivity index (χ2n) is 4.89. The van der Waals surface area contributed by atoms with E-state index in [2.05, 4.69) is 5.32 Å². The lowest BCUT2D eigenvalue weighted by atomic mass is 9.84. The van der Waals surface area contributed by atoms with Crippen molar-refractivity contribution in [1.29, 1.82) is 0 Å². The Kier molecular flexibility index (Phi) is 2.60. The first-order valence-corrected chi connectivity index (χ1v) is 6.08. The number of hydrogen-bond donors (Lipinski definition) is 1. The van der Waals surface area contributed by atoms with E-state index in [4.69, 9.17) is 4.74 Å². The Morgan fingerprint density at radius 3 is 2.53 bits per heavy atom. The zero-order chi connectivity index (χ0) is 13.7. The number of esters is 1. The fourth-order valence-electron chi connectivity index (χ4n) is 2.78. The number of fused-ring (bicyclic) bond motifs is 2. The van der Waals surface area contributed by atoms with Crippen LogP contribution in [0.1, 0.15) is 34.3 Å². The van der Waals surface area contributed by atoms with E-state index >= 15 is 0 Å². The van der Waals surface area contributed by atoms with E-state index in [-0.39, 0.29) is 5.56 Å². The molecule has 0 bridgehead atoms. The number of carbonyl (C=O) groups excluding carboxylic acids is 1. The van der Waals surface area contributed by atoms with Gasteiger partial charge in [0.25, 0.3) is 0 Å². The van der Waals surface area contributed by atoms with Crippen molar-refractivity contribution in [2.75, 3.05) is 13.1 Å². The van der Waals surface area contributed by atoms with Crippen molar-refractivity contribution in [1.82, 2.24) is 5.32 Å². The number of carbonyl (C=O) groups is 1. The summed E-state index contributed by atoms with van der Waals surface area (Å²) in [6.45, 7) is 1.38. The van der Waals surface area contributed by atoms with Crippen LogP contribution in [0.15, 0.2) is 18.2 Å². The van der Waals surface area contributed by atoms with Gasteiger partial charge in [0, 0.05) is 18.4 Å². The molecule has 0 atom stereocenters. The minimum atomic E-state index is -4.45. The van der Waals surface area contributed by atoms with Crippen LogP contribution < -0.4 is 5.32 Å². The molecule has 0 aliphatic carbocycles. The zero-order valence-electron chi connectivity index (χ0n) is 10.0. The van der Waals surface area contributed by atoms with Gasteiger partial charge in [-0.2, -0.15) is 13.2 Å². The molecule has 0 amide bonds. The standard InChI is InChI=1S/C13H12F3NO2/c14-13(15,16)8-1-2-10-9(7-8)11(18)19-12(10)3-5-17-6-4-12/h1-2,7,17H,3-6H2. The van der Waals surface area contributed by atoms with Crippen molar-refractivity contribution in [3.63, 3.8) is 0 Å². The highest BCUT2D eigenvalue weighted by molar-refractivity contribution is 5.95. The third-order valence-electron chi connectivity index (χ3n) is 3.76. The van der Waals surface area contributed by atoms with E-state index in [0.29, 0.717) is 31.5 Å². The third-order valence-corrected chi connectivity index (χ3v) is 3.76. The highest BCUT2D eigenvalue weighted by Gasteiger charge is 2.47. The highest BCUT2D eigenvalue weighted by Crippen LogP contribution is 2.44. The summed E-state index contributed by atoms with van der Waals surface area (Å²) in [5.74, 6) is -0.650. The number of halogens is 3. The van der Waals surface area contributed by atoms with Crippen LogP contribution in [0.2, 0.25) is 0 Å². The monoisotopic (exact) mass is 271 g/mol. The first-order chi connectivity index (χ1) is 8.92. The molecule has 2 aliphatic rings. The summed E-state index contributed by atoms with van der Waals surface area (Å²) in [6.07, 6.45) is -3.26. The van der Waals surface area contributed by atoms with Gasteiger partial charge in [0.15, 0.2) is 0 Å². The molecule has 0 radical (unpaired) electrons. The molecule has 6 heteroatoms. The topological polar surface area (TPSA) is 38.3 Å². The van der Waals surface area contributed by atoms with E-state index in [1.54, 1.807) is 0 Å². The summed E-state index contributed by atoms with van der Waals surface area (Å²) in [6, 6.07) is 3.30. The zero-order valence-corrected chi connectivity index (χ0v) is 10.0. The van der Waals surface area contributed by atoms with Crippen molar-refractivity contribution in [3.05, 3.63) is 34.9 Å². The molecule has 3 nitrogen and oxygen atoms in total. The molecule has 0 saturated carbocycles. The van der Waals surface area contributed by atoms with Gasteiger partial charge in [0.05, 0.1) is 11.1 Å². The molecule has 19 heavy (non-hydrogen) atoms. The number of nitrogens with one attached hydrogen (secondary N) is 1. The molecule has 1 N–H and O–H groups in total. The number of benzene rings is 1. The fourth-order valence-corrected chi connectivity index (χ4v) is 2.78. The Balaban J connectivity index is 2.07. The van der Waals surface area contributed by atoms with Crippen LogP contribution in [-0.4, -0.2) is 19.1 Å². The maximum Gasteiger partial charge on any atom is 0.416 e. The van der Waals surface area contributed by atoms with E-state index in [1.807, 2.05) is 0 Å². The summed E-state index contributed by atoms with van der Waals surface area (Å²) in [4.78, 5) is 11.8. The Labute approximate surface area is 107 Å². The van der Waals surface area contributed by atoms with Crippen LogP contribution in [-0.2, 0) is 16.5 Å². The lowest BCUT2D eigenvalue weighted by molar-refractivity contribution is -0.137. The summed E-state index contributed by atoms with van der Waals surface area (Å²) in [7, 11) is 0. The van der Waals surface area contributed by atoms with Crippen LogP contribution in [0, 0.1) is 0 Å². The Hall–Kier alpha value is -1.56. The van der Waals surface area contributed by atoms with Crippen LogP contribution in [0.5, 0.6) is 0 Å².